The molecule has 1 aromatic carbocycles. The van der Waals surface area contributed by atoms with Gasteiger partial charge in [-0.05, 0) is 37.3 Å². The van der Waals surface area contributed by atoms with E-state index in [0.717, 1.165) is 22.2 Å². The Hall–Kier alpha value is -2.67. The lowest BCUT2D eigenvalue weighted by Crippen LogP contribution is -2.12. The Morgan fingerprint density at radius 2 is 1.91 bits per heavy atom. The SMILES string of the molecule is Cc1csc(Nc2ccc(NC(=O)c3ccn(C)n3)cc2)n1. The largest absolute Gasteiger partial charge is 0.332 e. The number of carbonyl (C=O) groups excluding carboxylic acids is 1. The Balaban J connectivity index is 1.65. The smallest absolute Gasteiger partial charge is 0.276 e. The van der Waals surface area contributed by atoms with Gasteiger partial charge in [0, 0.05) is 30.0 Å². The topological polar surface area (TPSA) is 71.8 Å². The number of nitrogens with one attached hydrogen (secondary N) is 2. The molecule has 0 saturated heterocycles. The number of nitrogens with zero attached hydrogens (tertiary/aromatic N) is 3. The van der Waals surface area contributed by atoms with E-state index in [2.05, 4.69) is 20.7 Å². The maximum absolute atomic E-state index is 12.0. The van der Waals surface area contributed by atoms with Crippen LogP contribution in [0.5, 0.6) is 0 Å². The molecule has 0 aliphatic carbocycles. The van der Waals surface area contributed by atoms with Gasteiger partial charge in [-0.15, -0.1) is 11.3 Å². The van der Waals surface area contributed by atoms with Crippen LogP contribution in [0.3, 0.4) is 0 Å². The van der Waals surface area contributed by atoms with E-state index in [4.69, 9.17) is 0 Å². The van der Waals surface area contributed by atoms with Gasteiger partial charge < -0.3 is 10.6 Å². The first kappa shape index (κ1) is 14.3. The van der Waals surface area contributed by atoms with E-state index in [-0.39, 0.29) is 5.91 Å². The molecular formula is C15H15N5OS. The molecule has 0 aliphatic rings. The number of thiazole rings is 1. The molecule has 1 amide bonds. The zero-order valence-electron chi connectivity index (χ0n) is 12.2. The molecule has 3 rings (SSSR count). The average Bonchev–Trinajstić information content (AvgIpc) is 3.10. The van der Waals surface area contributed by atoms with Crippen molar-refractivity contribution in [2.24, 2.45) is 7.05 Å². The predicted molar refractivity (Wildman–Crippen MR) is 87.7 cm³/mol. The molecule has 6 nitrogen and oxygen atoms in total. The fraction of sp³-hybridized carbons (Fsp3) is 0.133. The number of amides is 1. The fourth-order valence-corrected chi connectivity index (χ4v) is 2.61. The lowest BCUT2D eigenvalue weighted by molar-refractivity contribution is 0.102. The van der Waals surface area contributed by atoms with Gasteiger partial charge in [0.2, 0.25) is 0 Å². The highest BCUT2D eigenvalue weighted by atomic mass is 32.1. The molecule has 0 spiro atoms. The fourth-order valence-electron chi connectivity index (χ4n) is 1.90. The van der Waals surface area contributed by atoms with Gasteiger partial charge in [-0.3, -0.25) is 9.48 Å². The van der Waals surface area contributed by atoms with Crippen molar-refractivity contribution >= 4 is 33.8 Å². The van der Waals surface area contributed by atoms with Crippen LogP contribution in [0.15, 0.2) is 41.9 Å². The second-order valence-electron chi connectivity index (χ2n) is 4.83. The van der Waals surface area contributed by atoms with Crippen LogP contribution in [0.4, 0.5) is 16.5 Å². The number of carbonyl (C=O) groups is 1. The Morgan fingerprint density at radius 1 is 1.18 bits per heavy atom. The summed E-state index contributed by atoms with van der Waals surface area (Å²) >= 11 is 1.56. The summed E-state index contributed by atoms with van der Waals surface area (Å²) in [5, 5.41) is 12.9. The Labute approximate surface area is 131 Å². The number of anilines is 3. The number of hydrogen-bond donors (Lipinski definition) is 2. The molecule has 22 heavy (non-hydrogen) atoms. The molecule has 0 radical (unpaired) electrons. The summed E-state index contributed by atoms with van der Waals surface area (Å²) in [5.41, 5.74) is 3.02. The highest BCUT2D eigenvalue weighted by Gasteiger charge is 2.09. The van der Waals surface area contributed by atoms with Crippen molar-refractivity contribution in [2.75, 3.05) is 10.6 Å². The van der Waals surface area contributed by atoms with Crippen molar-refractivity contribution in [3.8, 4) is 0 Å². The van der Waals surface area contributed by atoms with E-state index in [9.17, 15) is 4.79 Å². The maximum atomic E-state index is 12.0. The first-order valence-electron chi connectivity index (χ1n) is 6.70. The number of benzene rings is 1. The lowest BCUT2D eigenvalue weighted by atomic mass is 10.2. The zero-order valence-corrected chi connectivity index (χ0v) is 13.0. The minimum Gasteiger partial charge on any atom is -0.332 e. The van der Waals surface area contributed by atoms with E-state index in [0.29, 0.717) is 5.69 Å². The van der Waals surface area contributed by atoms with Crippen LogP contribution in [0.25, 0.3) is 0 Å². The predicted octanol–water partition coefficient (Wildman–Crippen LogP) is 3.18. The summed E-state index contributed by atoms with van der Waals surface area (Å²) in [6, 6.07) is 9.14. The number of aromatic nitrogens is 3. The first-order chi connectivity index (χ1) is 10.6. The van der Waals surface area contributed by atoms with E-state index in [1.165, 1.54) is 0 Å². The van der Waals surface area contributed by atoms with Crippen molar-refractivity contribution in [3.63, 3.8) is 0 Å². The van der Waals surface area contributed by atoms with Crippen molar-refractivity contribution < 1.29 is 4.79 Å². The monoisotopic (exact) mass is 313 g/mol. The van der Waals surface area contributed by atoms with E-state index < -0.39 is 0 Å². The zero-order chi connectivity index (χ0) is 15.5. The van der Waals surface area contributed by atoms with Crippen LogP contribution in [0, 0.1) is 6.92 Å². The molecule has 112 valence electrons. The summed E-state index contributed by atoms with van der Waals surface area (Å²) in [6.45, 7) is 1.96. The second kappa shape index (κ2) is 5.98. The van der Waals surface area contributed by atoms with Gasteiger partial charge in [-0.2, -0.15) is 5.10 Å². The van der Waals surface area contributed by atoms with Gasteiger partial charge in [-0.25, -0.2) is 4.98 Å². The Bertz CT molecular complexity index is 790. The normalized spacial score (nSPS) is 10.5. The summed E-state index contributed by atoms with van der Waals surface area (Å²) in [5.74, 6) is -0.225. The number of hydrogen-bond acceptors (Lipinski definition) is 5. The van der Waals surface area contributed by atoms with E-state index >= 15 is 0 Å². The van der Waals surface area contributed by atoms with Crippen molar-refractivity contribution in [1.29, 1.82) is 0 Å². The van der Waals surface area contributed by atoms with Crippen LogP contribution >= 0.6 is 11.3 Å². The van der Waals surface area contributed by atoms with Gasteiger partial charge in [-0.1, -0.05) is 0 Å². The van der Waals surface area contributed by atoms with E-state index in [1.54, 1.807) is 35.3 Å². The van der Waals surface area contributed by atoms with Crippen molar-refractivity contribution in [1.82, 2.24) is 14.8 Å². The molecule has 0 fully saturated rings. The quantitative estimate of drug-likeness (QED) is 0.776. The standard InChI is InChI=1S/C15H15N5OS/c1-10-9-22-15(16-10)18-12-5-3-11(4-6-12)17-14(21)13-7-8-20(2)19-13/h3-9H,1-2H3,(H,16,18)(H,17,21). The van der Waals surface area contributed by atoms with Crippen LogP contribution in [-0.4, -0.2) is 20.7 Å². The molecule has 3 aromatic rings. The third-order valence-electron chi connectivity index (χ3n) is 2.96. The van der Waals surface area contributed by atoms with E-state index in [1.807, 2.05) is 36.6 Å². The molecule has 2 N–H and O–H groups in total. The van der Waals surface area contributed by atoms with Gasteiger partial charge in [0.15, 0.2) is 10.8 Å². The third-order valence-corrected chi connectivity index (χ3v) is 3.83. The average molecular weight is 313 g/mol. The second-order valence-corrected chi connectivity index (χ2v) is 5.68. The molecule has 0 saturated carbocycles. The summed E-state index contributed by atoms with van der Waals surface area (Å²) in [6.07, 6.45) is 1.73. The maximum Gasteiger partial charge on any atom is 0.276 e. The lowest BCUT2D eigenvalue weighted by Gasteiger charge is -2.06. The van der Waals surface area contributed by atoms with Gasteiger partial charge in [0.1, 0.15) is 0 Å². The van der Waals surface area contributed by atoms with Gasteiger partial charge >= 0.3 is 0 Å². The van der Waals surface area contributed by atoms with Crippen LogP contribution in [0.1, 0.15) is 16.2 Å². The molecule has 2 aromatic heterocycles. The minimum absolute atomic E-state index is 0.225. The first-order valence-corrected chi connectivity index (χ1v) is 7.58. The molecule has 0 aliphatic heterocycles. The Morgan fingerprint density at radius 3 is 2.50 bits per heavy atom. The molecule has 7 heteroatoms. The third kappa shape index (κ3) is 3.32. The van der Waals surface area contributed by atoms with Crippen LogP contribution < -0.4 is 10.6 Å². The van der Waals surface area contributed by atoms with Gasteiger partial charge in [0.05, 0.1) is 5.69 Å². The highest BCUT2D eigenvalue weighted by Crippen LogP contribution is 2.22. The minimum atomic E-state index is -0.225. The molecule has 0 unspecified atom stereocenters. The highest BCUT2D eigenvalue weighted by molar-refractivity contribution is 7.13. The Kier molecular flexibility index (Phi) is 3.88. The summed E-state index contributed by atoms with van der Waals surface area (Å²) in [4.78, 5) is 16.3. The summed E-state index contributed by atoms with van der Waals surface area (Å²) < 4.78 is 1.60. The van der Waals surface area contributed by atoms with Gasteiger partial charge in [0.25, 0.3) is 5.91 Å². The van der Waals surface area contributed by atoms with Crippen LogP contribution in [0.2, 0.25) is 0 Å². The molecule has 2 heterocycles. The summed E-state index contributed by atoms with van der Waals surface area (Å²) in [7, 11) is 1.78. The molecule has 0 atom stereocenters. The van der Waals surface area contributed by atoms with Crippen LogP contribution in [-0.2, 0) is 7.05 Å². The number of rotatable bonds is 4. The molecule has 0 bridgehead atoms. The molecular weight excluding hydrogens is 298 g/mol. The van der Waals surface area contributed by atoms with Crippen molar-refractivity contribution in [2.45, 2.75) is 6.92 Å². The number of aryl methyl sites for hydroxylation is 2. The van der Waals surface area contributed by atoms with Crippen molar-refractivity contribution in [3.05, 3.63) is 53.3 Å².